The highest BCUT2D eigenvalue weighted by Gasteiger charge is 2.52. The van der Waals surface area contributed by atoms with Crippen LogP contribution in [0.15, 0.2) is 0 Å². The number of rotatable bonds is 6. The van der Waals surface area contributed by atoms with Crippen molar-refractivity contribution in [1.82, 2.24) is 0 Å². The van der Waals surface area contributed by atoms with Gasteiger partial charge >= 0.3 is 17.9 Å². The largest absolute Gasteiger partial charge is 0.456 e. The molecular weight excluding hydrogens is 388 g/mol. The van der Waals surface area contributed by atoms with Crippen LogP contribution in [0, 0.1) is 0 Å². The average Bonchev–Trinajstić information content (AvgIpc) is 2.49. The number of carbonyl (C=O) groups excluding carboxylic acids is 3. The van der Waals surface area contributed by atoms with Crippen LogP contribution < -0.4 is 0 Å². The number of aliphatic hydroxyl groups is 1. The molecule has 1 heterocycles. The summed E-state index contributed by atoms with van der Waals surface area (Å²) in [5.41, 5.74) is 0. The van der Waals surface area contributed by atoms with Crippen LogP contribution in [-0.4, -0.2) is 68.6 Å². The van der Waals surface area contributed by atoms with Crippen molar-refractivity contribution in [3.05, 3.63) is 0 Å². The van der Waals surface area contributed by atoms with Crippen molar-refractivity contribution in [1.29, 1.82) is 0 Å². The fraction of sp³-hybridized carbons (Fsp3) is 0.833. The van der Waals surface area contributed by atoms with E-state index in [1.54, 1.807) is 0 Å². The summed E-state index contributed by atoms with van der Waals surface area (Å²) in [4.78, 5) is 34.6. The Balaban J connectivity index is 3.15. The van der Waals surface area contributed by atoms with Gasteiger partial charge in [-0.25, -0.2) is 0 Å². The summed E-state index contributed by atoms with van der Waals surface area (Å²) in [6.45, 7) is 13.8. The molecule has 0 aromatic heterocycles. The molecule has 1 N–H and O–H groups in total. The van der Waals surface area contributed by atoms with E-state index in [1.165, 1.54) is 13.8 Å². The molecule has 162 valence electrons. The number of carbonyl (C=O) groups is 3. The first kappa shape index (κ1) is 24.5. The lowest BCUT2D eigenvalue weighted by atomic mass is 9.98. The van der Waals surface area contributed by atoms with Gasteiger partial charge in [0.05, 0.1) is 6.61 Å². The topological polar surface area (TPSA) is 118 Å². The molecule has 1 rings (SSSR count). The summed E-state index contributed by atoms with van der Waals surface area (Å²) in [6.07, 6.45) is -6.17. The van der Waals surface area contributed by atoms with Gasteiger partial charge in [-0.05, 0) is 18.1 Å². The molecule has 0 aliphatic carbocycles. The van der Waals surface area contributed by atoms with Gasteiger partial charge in [0.2, 0.25) is 0 Å². The molecule has 9 nitrogen and oxygen atoms in total. The zero-order valence-corrected chi connectivity index (χ0v) is 18.8. The number of ether oxygens (including phenoxy) is 4. The normalized spacial score (nSPS) is 28.4. The van der Waals surface area contributed by atoms with E-state index in [-0.39, 0.29) is 11.6 Å². The van der Waals surface area contributed by atoms with Crippen LogP contribution in [-0.2, 0) is 37.8 Å². The molecule has 0 saturated carbocycles. The molecule has 0 bridgehead atoms. The lowest BCUT2D eigenvalue weighted by Crippen LogP contribution is -2.62. The Kier molecular flexibility index (Phi) is 8.18. The van der Waals surface area contributed by atoms with E-state index < -0.39 is 56.9 Å². The van der Waals surface area contributed by atoms with Crippen molar-refractivity contribution >= 4 is 26.2 Å². The molecule has 0 aromatic rings. The van der Waals surface area contributed by atoms with Crippen LogP contribution in [0.4, 0.5) is 0 Å². The molecule has 5 atom stereocenters. The first-order valence-corrected chi connectivity index (χ1v) is 12.1. The van der Waals surface area contributed by atoms with E-state index in [0.717, 1.165) is 6.92 Å². The Morgan fingerprint density at radius 3 is 1.75 bits per heavy atom. The van der Waals surface area contributed by atoms with Gasteiger partial charge in [0.1, 0.15) is 6.10 Å². The van der Waals surface area contributed by atoms with Crippen LogP contribution >= 0.6 is 0 Å². The second-order valence-electron chi connectivity index (χ2n) is 8.36. The van der Waals surface area contributed by atoms with Gasteiger partial charge in [0.25, 0.3) is 0 Å². The smallest absolute Gasteiger partial charge is 0.303 e. The predicted octanol–water partition coefficient (Wildman–Crippen LogP) is 1.52. The maximum Gasteiger partial charge on any atom is 0.303 e. The third-order valence-electron chi connectivity index (χ3n) is 4.93. The number of hydrogen-bond donors (Lipinski definition) is 1. The van der Waals surface area contributed by atoms with Crippen LogP contribution in [0.2, 0.25) is 18.1 Å². The van der Waals surface area contributed by atoms with Gasteiger partial charge in [0, 0.05) is 20.8 Å². The second-order valence-corrected chi connectivity index (χ2v) is 13.2. The molecule has 1 unspecified atom stereocenters. The summed E-state index contributed by atoms with van der Waals surface area (Å²) in [7, 11) is -2.17. The van der Waals surface area contributed by atoms with Crippen LogP contribution in [0.1, 0.15) is 41.5 Å². The zero-order valence-electron chi connectivity index (χ0n) is 17.8. The summed E-state index contributed by atoms with van der Waals surface area (Å²) in [5, 5.41) is 10.3. The number of hydrogen-bond acceptors (Lipinski definition) is 9. The average molecular weight is 421 g/mol. The molecule has 0 radical (unpaired) electrons. The SMILES string of the molecule is CC(=O)O[C@H]1[C@H](OC(C)=O)[C@@H](OC(C)=O)C(O)O[C@@H]1CO[Si](C)(C)C(C)(C)C. The fourth-order valence-corrected chi connectivity index (χ4v) is 3.53. The summed E-state index contributed by atoms with van der Waals surface area (Å²) >= 11 is 0. The lowest BCUT2D eigenvalue weighted by molar-refractivity contribution is -0.294. The molecule has 1 aliphatic heterocycles. The summed E-state index contributed by atoms with van der Waals surface area (Å²) < 4.78 is 27.3. The third-order valence-corrected chi connectivity index (χ3v) is 9.43. The molecule has 0 amide bonds. The van der Waals surface area contributed by atoms with Crippen molar-refractivity contribution < 1.29 is 42.9 Å². The standard InChI is InChI=1S/C18H32O9Si/c1-10(19)24-14-13(9-23-28(7,8)18(4,5)6)27-17(22)16(26-12(3)21)15(14)25-11(2)20/h13-17,22H,9H2,1-8H3/t13-,14-,15+,16-,17?/m1/s1. The van der Waals surface area contributed by atoms with Gasteiger partial charge in [-0.15, -0.1) is 0 Å². The molecular formula is C18H32O9Si. The quantitative estimate of drug-likeness (QED) is 0.387. The maximum atomic E-state index is 11.6. The van der Waals surface area contributed by atoms with E-state index in [1.807, 2.05) is 13.1 Å². The van der Waals surface area contributed by atoms with Crippen LogP contribution in [0.5, 0.6) is 0 Å². The number of aliphatic hydroxyl groups excluding tert-OH is 1. The minimum absolute atomic E-state index is 0.00998. The highest BCUT2D eigenvalue weighted by molar-refractivity contribution is 6.74. The monoisotopic (exact) mass is 420 g/mol. The lowest BCUT2D eigenvalue weighted by Gasteiger charge is -2.44. The summed E-state index contributed by atoms with van der Waals surface area (Å²) in [5.74, 6) is -2.03. The third kappa shape index (κ3) is 6.54. The minimum atomic E-state index is -2.17. The van der Waals surface area contributed by atoms with Crippen molar-refractivity contribution in [2.24, 2.45) is 0 Å². The van der Waals surface area contributed by atoms with Gasteiger partial charge in [-0.2, -0.15) is 0 Å². The van der Waals surface area contributed by atoms with Crippen LogP contribution in [0.3, 0.4) is 0 Å². The molecule has 28 heavy (non-hydrogen) atoms. The fourth-order valence-electron chi connectivity index (χ4n) is 2.51. The van der Waals surface area contributed by atoms with Crippen molar-refractivity contribution in [3.8, 4) is 0 Å². The predicted molar refractivity (Wildman–Crippen MR) is 101 cm³/mol. The van der Waals surface area contributed by atoms with Crippen molar-refractivity contribution in [2.45, 2.75) is 90.4 Å². The second kappa shape index (κ2) is 9.34. The maximum absolute atomic E-state index is 11.6. The van der Waals surface area contributed by atoms with Crippen molar-refractivity contribution in [3.63, 3.8) is 0 Å². The zero-order chi connectivity index (χ0) is 21.9. The van der Waals surface area contributed by atoms with Gasteiger partial charge < -0.3 is 28.5 Å². The highest BCUT2D eigenvalue weighted by Crippen LogP contribution is 2.37. The Hall–Kier alpha value is -1.49. The van der Waals surface area contributed by atoms with E-state index in [2.05, 4.69) is 20.8 Å². The Labute approximate surface area is 166 Å². The number of esters is 3. The van der Waals surface area contributed by atoms with Crippen LogP contribution in [0.25, 0.3) is 0 Å². The van der Waals surface area contributed by atoms with E-state index in [0.29, 0.717) is 0 Å². The van der Waals surface area contributed by atoms with Gasteiger partial charge in [0.15, 0.2) is 32.9 Å². The van der Waals surface area contributed by atoms with Gasteiger partial charge in [-0.3, -0.25) is 14.4 Å². The Morgan fingerprint density at radius 2 is 1.32 bits per heavy atom. The Morgan fingerprint density at radius 1 is 0.893 bits per heavy atom. The van der Waals surface area contributed by atoms with E-state index in [9.17, 15) is 19.5 Å². The van der Waals surface area contributed by atoms with E-state index in [4.69, 9.17) is 23.4 Å². The van der Waals surface area contributed by atoms with Gasteiger partial charge in [-0.1, -0.05) is 20.8 Å². The molecule has 1 aliphatic rings. The van der Waals surface area contributed by atoms with E-state index >= 15 is 0 Å². The Bertz CT molecular complexity index is 584. The minimum Gasteiger partial charge on any atom is -0.456 e. The molecule has 1 saturated heterocycles. The summed E-state index contributed by atoms with van der Waals surface area (Å²) in [6, 6.07) is 0. The molecule has 10 heteroatoms. The first-order valence-electron chi connectivity index (χ1n) is 9.15. The molecule has 0 aromatic carbocycles. The highest BCUT2D eigenvalue weighted by atomic mass is 28.4. The molecule has 0 spiro atoms. The first-order chi connectivity index (χ1) is 12.7. The molecule has 1 fully saturated rings. The van der Waals surface area contributed by atoms with Crippen molar-refractivity contribution in [2.75, 3.05) is 6.61 Å².